The maximum atomic E-state index is 12.0. The number of carbonyl (C=O) groups is 1. The van der Waals surface area contributed by atoms with Gasteiger partial charge in [-0.2, -0.15) is 8.78 Å². The summed E-state index contributed by atoms with van der Waals surface area (Å²) in [5.41, 5.74) is 1.04. The molecule has 1 fully saturated rings. The summed E-state index contributed by atoms with van der Waals surface area (Å²) in [7, 11) is 0. The molecule has 0 spiro atoms. The lowest BCUT2D eigenvalue weighted by atomic mass is 10.0. The van der Waals surface area contributed by atoms with Crippen LogP contribution in [0.15, 0.2) is 24.3 Å². The molecule has 0 saturated carbocycles. The second-order valence-corrected chi connectivity index (χ2v) is 5.34. The third kappa shape index (κ3) is 5.30. The molecule has 1 aliphatic rings. The summed E-state index contributed by atoms with van der Waals surface area (Å²) in [5, 5.41) is 8.68. The van der Waals surface area contributed by atoms with E-state index in [2.05, 4.69) is 9.64 Å². The Kier molecular flexibility index (Phi) is 5.50. The zero-order chi connectivity index (χ0) is 15.2. The predicted molar refractivity (Wildman–Crippen MR) is 73.3 cm³/mol. The van der Waals surface area contributed by atoms with Crippen molar-refractivity contribution in [3.63, 3.8) is 0 Å². The van der Waals surface area contributed by atoms with Crippen molar-refractivity contribution >= 4 is 5.97 Å². The van der Waals surface area contributed by atoms with Gasteiger partial charge in [-0.05, 0) is 43.0 Å². The number of carboxylic acid groups (broad SMARTS) is 1. The Morgan fingerprint density at radius 1 is 1.38 bits per heavy atom. The SMILES string of the molecule is O=C(O)CCC1CCN(Cc2ccc(OC(F)F)cc2)C1. The normalized spacial score (nSPS) is 19.1. The molecule has 1 N–H and O–H groups in total. The van der Waals surface area contributed by atoms with E-state index in [1.165, 1.54) is 0 Å². The van der Waals surface area contributed by atoms with E-state index in [1.807, 2.05) is 0 Å². The van der Waals surface area contributed by atoms with Crippen LogP contribution < -0.4 is 4.74 Å². The fraction of sp³-hybridized carbons (Fsp3) is 0.533. The minimum absolute atomic E-state index is 0.162. The van der Waals surface area contributed by atoms with Crippen molar-refractivity contribution < 1.29 is 23.4 Å². The molecule has 1 saturated heterocycles. The number of halogens is 2. The van der Waals surface area contributed by atoms with Gasteiger partial charge in [-0.1, -0.05) is 12.1 Å². The topological polar surface area (TPSA) is 49.8 Å². The number of likely N-dealkylation sites (tertiary alicyclic amines) is 1. The van der Waals surface area contributed by atoms with Gasteiger partial charge < -0.3 is 9.84 Å². The highest BCUT2D eigenvalue weighted by molar-refractivity contribution is 5.66. The van der Waals surface area contributed by atoms with Crippen LogP contribution in [0.3, 0.4) is 0 Å². The molecule has 21 heavy (non-hydrogen) atoms. The van der Waals surface area contributed by atoms with Gasteiger partial charge in [0.2, 0.25) is 0 Å². The average molecular weight is 299 g/mol. The minimum Gasteiger partial charge on any atom is -0.481 e. The van der Waals surface area contributed by atoms with Crippen LogP contribution in [-0.2, 0) is 11.3 Å². The van der Waals surface area contributed by atoms with E-state index in [1.54, 1.807) is 24.3 Å². The number of hydrogen-bond acceptors (Lipinski definition) is 3. The second kappa shape index (κ2) is 7.36. The maximum Gasteiger partial charge on any atom is 0.387 e. The van der Waals surface area contributed by atoms with Crippen LogP contribution >= 0.6 is 0 Å². The zero-order valence-corrected chi connectivity index (χ0v) is 11.7. The smallest absolute Gasteiger partial charge is 0.387 e. The molecule has 1 aromatic carbocycles. The molecule has 116 valence electrons. The Morgan fingerprint density at radius 2 is 2.10 bits per heavy atom. The number of aliphatic carboxylic acids is 1. The molecular formula is C15H19F2NO3. The van der Waals surface area contributed by atoms with Crippen LogP contribution in [0.4, 0.5) is 8.78 Å². The third-order valence-corrected chi connectivity index (χ3v) is 3.69. The van der Waals surface area contributed by atoms with Crippen LogP contribution in [0.25, 0.3) is 0 Å². The van der Waals surface area contributed by atoms with Gasteiger partial charge in [-0.15, -0.1) is 0 Å². The highest BCUT2D eigenvalue weighted by atomic mass is 19.3. The molecule has 6 heteroatoms. The molecule has 1 aliphatic heterocycles. The van der Waals surface area contributed by atoms with Crippen molar-refractivity contribution in [1.82, 2.24) is 4.90 Å². The number of carboxylic acids is 1. The fourth-order valence-electron chi connectivity index (χ4n) is 2.65. The van der Waals surface area contributed by atoms with Gasteiger partial charge in [-0.25, -0.2) is 0 Å². The van der Waals surface area contributed by atoms with Crippen LogP contribution in [0.5, 0.6) is 5.75 Å². The Balaban J connectivity index is 1.78. The van der Waals surface area contributed by atoms with E-state index < -0.39 is 12.6 Å². The van der Waals surface area contributed by atoms with E-state index in [0.717, 1.165) is 31.6 Å². The Bertz CT molecular complexity index is 464. The molecule has 0 aromatic heterocycles. The van der Waals surface area contributed by atoms with E-state index in [4.69, 9.17) is 5.11 Å². The number of nitrogens with zero attached hydrogens (tertiary/aromatic N) is 1. The number of ether oxygens (including phenoxy) is 1. The number of benzene rings is 1. The van der Waals surface area contributed by atoms with E-state index >= 15 is 0 Å². The summed E-state index contributed by atoms with van der Waals surface area (Å²) in [5.74, 6) is -0.153. The first-order valence-corrected chi connectivity index (χ1v) is 7.01. The summed E-state index contributed by atoms with van der Waals surface area (Å²) >= 11 is 0. The van der Waals surface area contributed by atoms with Crippen LogP contribution in [0, 0.1) is 5.92 Å². The molecular weight excluding hydrogens is 280 g/mol. The van der Waals surface area contributed by atoms with Gasteiger partial charge in [0.05, 0.1) is 0 Å². The number of rotatable bonds is 7. The van der Waals surface area contributed by atoms with E-state index in [-0.39, 0.29) is 12.2 Å². The number of alkyl halides is 2. The second-order valence-electron chi connectivity index (χ2n) is 5.34. The first kappa shape index (κ1) is 15.7. The van der Waals surface area contributed by atoms with Crippen molar-refractivity contribution in [3.8, 4) is 5.75 Å². The van der Waals surface area contributed by atoms with Crippen LogP contribution in [0.1, 0.15) is 24.8 Å². The lowest BCUT2D eigenvalue weighted by Gasteiger charge is -2.16. The molecule has 0 aliphatic carbocycles. The van der Waals surface area contributed by atoms with Crippen molar-refractivity contribution in [2.24, 2.45) is 5.92 Å². The summed E-state index contributed by atoms with van der Waals surface area (Å²) in [4.78, 5) is 12.8. The van der Waals surface area contributed by atoms with Gasteiger partial charge in [0, 0.05) is 19.5 Å². The van der Waals surface area contributed by atoms with E-state index in [9.17, 15) is 13.6 Å². The first-order chi connectivity index (χ1) is 10.0. The van der Waals surface area contributed by atoms with Crippen molar-refractivity contribution in [1.29, 1.82) is 0 Å². The zero-order valence-electron chi connectivity index (χ0n) is 11.7. The van der Waals surface area contributed by atoms with Crippen molar-refractivity contribution in [2.45, 2.75) is 32.4 Å². The van der Waals surface area contributed by atoms with Gasteiger partial charge in [0.25, 0.3) is 0 Å². The lowest BCUT2D eigenvalue weighted by molar-refractivity contribution is -0.137. The molecule has 4 nitrogen and oxygen atoms in total. The summed E-state index contributed by atoms with van der Waals surface area (Å²) < 4.78 is 28.4. The van der Waals surface area contributed by atoms with Crippen molar-refractivity contribution in [3.05, 3.63) is 29.8 Å². The Labute approximate surface area is 122 Å². The minimum atomic E-state index is -2.80. The maximum absolute atomic E-state index is 12.0. The summed E-state index contributed by atoms with van der Waals surface area (Å²) in [6.07, 6.45) is 1.95. The quantitative estimate of drug-likeness (QED) is 0.841. The Hall–Kier alpha value is -1.69. The van der Waals surface area contributed by atoms with Gasteiger partial charge >= 0.3 is 12.6 Å². The number of hydrogen-bond donors (Lipinski definition) is 1. The van der Waals surface area contributed by atoms with Gasteiger partial charge in [-0.3, -0.25) is 9.69 Å². The summed E-state index contributed by atoms with van der Waals surface area (Å²) in [6, 6.07) is 6.64. The first-order valence-electron chi connectivity index (χ1n) is 7.01. The average Bonchev–Trinajstić information content (AvgIpc) is 2.86. The largest absolute Gasteiger partial charge is 0.481 e. The highest BCUT2D eigenvalue weighted by Gasteiger charge is 2.22. The van der Waals surface area contributed by atoms with Crippen molar-refractivity contribution in [2.75, 3.05) is 13.1 Å². The molecule has 0 amide bonds. The Morgan fingerprint density at radius 3 is 2.71 bits per heavy atom. The molecule has 1 atom stereocenters. The molecule has 0 bridgehead atoms. The lowest BCUT2D eigenvalue weighted by Crippen LogP contribution is -2.20. The molecule has 1 heterocycles. The van der Waals surface area contributed by atoms with Crippen LogP contribution in [-0.4, -0.2) is 35.7 Å². The monoisotopic (exact) mass is 299 g/mol. The van der Waals surface area contributed by atoms with Crippen LogP contribution in [0.2, 0.25) is 0 Å². The van der Waals surface area contributed by atoms with Gasteiger partial charge in [0.15, 0.2) is 0 Å². The van der Waals surface area contributed by atoms with E-state index in [0.29, 0.717) is 12.3 Å². The molecule has 1 unspecified atom stereocenters. The molecule has 0 radical (unpaired) electrons. The molecule has 1 aromatic rings. The fourth-order valence-corrected chi connectivity index (χ4v) is 2.65. The predicted octanol–water partition coefficient (Wildman–Crippen LogP) is 2.97. The highest BCUT2D eigenvalue weighted by Crippen LogP contribution is 2.23. The third-order valence-electron chi connectivity index (χ3n) is 3.69. The summed E-state index contributed by atoms with van der Waals surface area (Å²) in [6.45, 7) is -0.217. The molecule has 2 rings (SSSR count). The standard InChI is InChI=1S/C15H19F2NO3/c16-15(17)21-13-4-1-11(2-5-13)9-18-8-7-12(10-18)3-6-14(19)20/h1-2,4-5,12,15H,3,6-10H2,(H,19,20). The van der Waals surface area contributed by atoms with Gasteiger partial charge in [0.1, 0.15) is 5.75 Å².